The van der Waals surface area contributed by atoms with Crippen LogP contribution in [-0.4, -0.2) is 72.0 Å². The van der Waals surface area contributed by atoms with Crippen molar-refractivity contribution in [3.8, 4) is 5.75 Å². The van der Waals surface area contributed by atoms with Crippen molar-refractivity contribution in [2.24, 2.45) is 0 Å². The molecule has 1 aliphatic rings. The first-order chi connectivity index (χ1) is 14.4. The summed E-state index contributed by atoms with van der Waals surface area (Å²) in [6.45, 7) is 7.07. The topological polar surface area (TPSA) is 70.1 Å². The van der Waals surface area contributed by atoms with E-state index in [1.807, 2.05) is 36.1 Å². The highest BCUT2D eigenvalue weighted by atomic mass is 16.5. The van der Waals surface area contributed by atoms with E-state index in [1.165, 1.54) is 6.92 Å². The van der Waals surface area contributed by atoms with Gasteiger partial charge in [0.15, 0.2) is 5.78 Å². The largest absolute Gasteiger partial charge is 0.491 e. The molecule has 0 spiro atoms. The Hall–Kier alpha value is -2.70. The first-order valence-corrected chi connectivity index (χ1v) is 10.4. The molecule has 1 fully saturated rings. The Morgan fingerprint density at radius 2 is 1.70 bits per heavy atom. The highest BCUT2D eigenvalue weighted by Gasteiger charge is 2.23. The fraction of sp³-hybridized carbons (Fsp3) is 0.417. The lowest BCUT2D eigenvalue weighted by molar-refractivity contribution is -0.132. The predicted octanol–water partition coefficient (Wildman–Crippen LogP) is 2.32. The van der Waals surface area contributed by atoms with Gasteiger partial charge in [-0.15, -0.1) is 0 Å². The fourth-order valence-electron chi connectivity index (χ4n) is 3.59. The number of carbonyl (C=O) groups excluding carboxylic acids is 2. The number of aliphatic hydroxyl groups excluding tert-OH is 1. The molecule has 1 aliphatic heterocycles. The molecule has 1 amide bonds. The van der Waals surface area contributed by atoms with E-state index in [1.54, 1.807) is 24.3 Å². The Balaban J connectivity index is 1.39. The molecule has 0 bridgehead atoms. The normalized spacial score (nSPS) is 15.6. The number of hydrogen-bond acceptors (Lipinski definition) is 5. The van der Waals surface area contributed by atoms with Crippen molar-refractivity contribution < 1.29 is 19.4 Å². The van der Waals surface area contributed by atoms with Crippen molar-refractivity contribution in [3.05, 3.63) is 65.2 Å². The molecule has 1 unspecified atom stereocenters. The summed E-state index contributed by atoms with van der Waals surface area (Å²) in [6.07, 6.45) is -0.183. The Morgan fingerprint density at radius 1 is 1.03 bits per heavy atom. The van der Waals surface area contributed by atoms with Crippen LogP contribution in [0.1, 0.15) is 28.4 Å². The second kappa shape index (κ2) is 10.4. The van der Waals surface area contributed by atoms with E-state index in [-0.39, 0.29) is 18.3 Å². The minimum atomic E-state index is -0.619. The molecule has 2 aromatic carbocycles. The lowest BCUT2D eigenvalue weighted by atomic mass is 10.1. The van der Waals surface area contributed by atoms with Crippen molar-refractivity contribution in [2.45, 2.75) is 26.4 Å². The highest BCUT2D eigenvalue weighted by molar-refractivity contribution is 5.94. The van der Waals surface area contributed by atoms with Gasteiger partial charge in [0.2, 0.25) is 5.91 Å². The average Bonchev–Trinajstić information content (AvgIpc) is 2.74. The molecule has 6 nitrogen and oxygen atoms in total. The van der Waals surface area contributed by atoms with E-state index in [4.69, 9.17) is 4.74 Å². The number of piperazine rings is 1. The second-order valence-electron chi connectivity index (χ2n) is 7.83. The maximum atomic E-state index is 12.6. The van der Waals surface area contributed by atoms with Crippen molar-refractivity contribution in [2.75, 3.05) is 39.3 Å². The number of benzene rings is 2. The second-order valence-corrected chi connectivity index (χ2v) is 7.83. The number of hydrogen-bond donors (Lipinski definition) is 1. The number of aliphatic hydroxyl groups is 1. The summed E-state index contributed by atoms with van der Waals surface area (Å²) in [5, 5.41) is 10.3. The van der Waals surface area contributed by atoms with Gasteiger partial charge in [-0.05, 0) is 49.2 Å². The molecule has 1 saturated heterocycles. The molecule has 0 aromatic heterocycles. The van der Waals surface area contributed by atoms with Gasteiger partial charge in [-0.1, -0.05) is 24.3 Å². The zero-order valence-corrected chi connectivity index (χ0v) is 17.7. The van der Waals surface area contributed by atoms with Crippen molar-refractivity contribution >= 4 is 11.7 Å². The van der Waals surface area contributed by atoms with Gasteiger partial charge < -0.3 is 14.7 Å². The first kappa shape index (κ1) is 22.0. The number of Topliss-reactive ketones (excluding diaryl/α,β-unsaturated/α-hetero) is 1. The quantitative estimate of drug-likeness (QED) is 0.677. The molecule has 0 saturated carbocycles. The number of rotatable bonds is 8. The van der Waals surface area contributed by atoms with Gasteiger partial charge in [-0.2, -0.15) is 0 Å². The van der Waals surface area contributed by atoms with E-state index in [2.05, 4.69) is 4.90 Å². The van der Waals surface area contributed by atoms with Crippen LogP contribution >= 0.6 is 0 Å². The van der Waals surface area contributed by atoms with Crippen LogP contribution in [0.3, 0.4) is 0 Å². The molecule has 2 aromatic rings. The van der Waals surface area contributed by atoms with Crippen molar-refractivity contribution in [1.29, 1.82) is 0 Å². The van der Waals surface area contributed by atoms with Gasteiger partial charge in [0.05, 0.1) is 6.42 Å². The van der Waals surface area contributed by atoms with Crippen LogP contribution in [0.25, 0.3) is 0 Å². The summed E-state index contributed by atoms with van der Waals surface area (Å²) in [6, 6.07) is 14.9. The van der Waals surface area contributed by atoms with Gasteiger partial charge >= 0.3 is 0 Å². The van der Waals surface area contributed by atoms with Gasteiger partial charge in [0.1, 0.15) is 18.5 Å². The Bertz CT molecular complexity index is 858. The number of β-amino-alcohol motifs (C(OH)–C–C–N with tert-alkyl or cyclic N) is 1. The molecule has 160 valence electrons. The lowest BCUT2D eigenvalue weighted by Gasteiger charge is -2.35. The SMILES string of the molecule is CC(=O)c1ccc(OCC(O)CN2CCN(C(=O)Cc3ccccc3C)CC2)cc1. The zero-order chi connectivity index (χ0) is 21.5. The molecule has 30 heavy (non-hydrogen) atoms. The monoisotopic (exact) mass is 410 g/mol. The standard InChI is InChI=1S/C24H30N2O4/c1-18-5-3-4-6-21(18)15-24(29)26-13-11-25(12-14-26)16-22(28)17-30-23-9-7-20(8-10-23)19(2)27/h3-10,22,28H,11-17H2,1-2H3. The van der Waals surface area contributed by atoms with Gasteiger partial charge in [-0.25, -0.2) is 0 Å². The van der Waals surface area contributed by atoms with E-state index in [0.29, 0.717) is 37.4 Å². The van der Waals surface area contributed by atoms with Crippen molar-refractivity contribution in [3.63, 3.8) is 0 Å². The average molecular weight is 411 g/mol. The molecule has 3 rings (SSSR count). The van der Waals surface area contributed by atoms with Crippen LogP contribution in [0.4, 0.5) is 0 Å². The van der Waals surface area contributed by atoms with E-state index < -0.39 is 6.10 Å². The maximum absolute atomic E-state index is 12.6. The third-order valence-electron chi connectivity index (χ3n) is 5.50. The minimum absolute atomic E-state index is 0.0121. The van der Waals surface area contributed by atoms with E-state index in [0.717, 1.165) is 24.2 Å². The predicted molar refractivity (Wildman–Crippen MR) is 116 cm³/mol. The highest BCUT2D eigenvalue weighted by Crippen LogP contribution is 2.14. The molecule has 1 atom stereocenters. The van der Waals surface area contributed by atoms with Gasteiger partial charge in [0, 0.05) is 38.3 Å². The Kier molecular flexibility index (Phi) is 7.60. The molecule has 1 heterocycles. The summed E-state index contributed by atoms with van der Waals surface area (Å²) in [4.78, 5) is 28.0. The lowest BCUT2D eigenvalue weighted by Crippen LogP contribution is -2.51. The Labute approximate surface area is 178 Å². The summed E-state index contributed by atoms with van der Waals surface area (Å²) in [5.41, 5.74) is 2.86. The van der Waals surface area contributed by atoms with Gasteiger partial charge in [0.25, 0.3) is 0 Å². The minimum Gasteiger partial charge on any atom is -0.491 e. The molecular weight excluding hydrogens is 380 g/mol. The summed E-state index contributed by atoms with van der Waals surface area (Å²) < 4.78 is 5.63. The number of nitrogens with zero attached hydrogens (tertiary/aromatic N) is 2. The van der Waals surface area contributed by atoms with Crippen LogP contribution < -0.4 is 4.74 Å². The summed E-state index contributed by atoms with van der Waals surface area (Å²) in [5.74, 6) is 0.797. The number of carbonyl (C=O) groups is 2. The summed E-state index contributed by atoms with van der Waals surface area (Å²) in [7, 11) is 0. The zero-order valence-electron chi connectivity index (χ0n) is 17.7. The van der Waals surface area contributed by atoms with E-state index in [9.17, 15) is 14.7 Å². The maximum Gasteiger partial charge on any atom is 0.227 e. The van der Waals surface area contributed by atoms with Crippen molar-refractivity contribution in [1.82, 2.24) is 9.80 Å². The van der Waals surface area contributed by atoms with E-state index >= 15 is 0 Å². The number of amides is 1. The first-order valence-electron chi connectivity index (χ1n) is 10.4. The summed E-state index contributed by atoms with van der Waals surface area (Å²) >= 11 is 0. The van der Waals surface area contributed by atoms with Crippen LogP contribution in [0, 0.1) is 6.92 Å². The molecule has 0 radical (unpaired) electrons. The molecule has 1 N–H and O–H groups in total. The molecular formula is C24H30N2O4. The van der Waals surface area contributed by atoms with Crippen LogP contribution in [-0.2, 0) is 11.2 Å². The van der Waals surface area contributed by atoms with Gasteiger partial charge in [-0.3, -0.25) is 14.5 Å². The third-order valence-corrected chi connectivity index (χ3v) is 5.50. The number of aryl methyl sites for hydroxylation is 1. The van der Waals surface area contributed by atoms with Crippen LogP contribution in [0.15, 0.2) is 48.5 Å². The number of ketones is 1. The molecule has 0 aliphatic carbocycles. The van der Waals surface area contributed by atoms with Crippen LogP contribution in [0.5, 0.6) is 5.75 Å². The Morgan fingerprint density at radius 3 is 2.33 bits per heavy atom. The third kappa shape index (κ3) is 6.15. The smallest absolute Gasteiger partial charge is 0.227 e. The van der Waals surface area contributed by atoms with Crippen LogP contribution in [0.2, 0.25) is 0 Å². The number of ether oxygens (including phenoxy) is 1. The fourth-order valence-corrected chi connectivity index (χ4v) is 3.59. The molecule has 6 heteroatoms.